The van der Waals surface area contributed by atoms with E-state index in [4.69, 9.17) is 0 Å². The highest BCUT2D eigenvalue weighted by atomic mass is 19.1. The van der Waals surface area contributed by atoms with E-state index in [1.54, 1.807) is 0 Å². The molecule has 4 rings (SSSR count). The molecule has 0 aliphatic heterocycles. The van der Waals surface area contributed by atoms with Crippen molar-refractivity contribution in [2.75, 3.05) is 0 Å². The first-order valence-corrected chi connectivity index (χ1v) is 12.9. The fraction of sp³-hybridized carbons (Fsp3) is 1.00. The molecule has 0 N–H and O–H groups in total. The first-order chi connectivity index (χ1) is 13.3. The maximum absolute atomic E-state index is 14.1. The Morgan fingerprint density at radius 2 is 1.54 bits per heavy atom. The van der Waals surface area contributed by atoms with Gasteiger partial charge in [0.2, 0.25) is 0 Å². The molecule has 0 radical (unpaired) electrons. The predicted molar refractivity (Wildman–Crippen MR) is 118 cm³/mol. The number of rotatable bonds is 5. The molecule has 4 saturated carbocycles. The Balaban J connectivity index is 1.46. The molecule has 0 saturated heterocycles. The van der Waals surface area contributed by atoms with Gasteiger partial charge in [0.15, 0.2) is 0 Å². The minimum atomic E-state index is -0.508. The van der Waals surface area contributed by atoms with Crippen molar-refractivity contribution in [2.24, 2.45) is 52.3 Å². The predicted octanol–water partition coefficient (Wildman–Crippen LogP) is 8.45. The lowest BCUT2D eigenvalue weighted by Crippen LogP contribution is -2.53. The fourth-order valence-electron chi connectivity index (χ4n) is 9.23. The van der Waals surface area contributed by atoms with Gasteiger partial charge in [0, 0.05) is 0 Å². The zero-order valence-corrected chi connectivity index (χ0v) is 19.5. The fourth-order valence-corrected chi connectivity index (χ4v) is 9.23. The van der Waals surface area contributed by atoms with E-state index in [2.05, 4.69) is 34.6 Å². The molecule has 0 nitrogen and oxygen atoms in total. The number of hydrogen-bond donors (Lipinski definition) is 0. The summed E-state index contributed by atoms with van der Waals surface area (Å²) >= 11 is 0. The highest BCUT2D eigenvalue weighted by Crippen LogP contribution is 2.68. The van der Waals surface area contributed by atoms with Gasteiger partial charge in [-0.2, -0.15) is 0 Å². The van der Waals surface area contributed by atoms with Crippen molar-refractivity contribution in [3.63, 3.8) is 0 Å². The van der Waals surface area contributed by atoms with E-state index in [-0.39, 0.29) is 0 Å². The first-order valence-electron chi connectivity index (χ1n) is 12.9. The van der Waals surface area contributed by atoms with Gasteiger partial charge in [0.1, 0.15) is 6.17 Å². The van der Waals surface area contributed by atoms with Crippen molar-refractivity contribution >= 4 is 0 Å². The molecule has 0 aromatic rings. The molecule has 28 heavy (non-hydrogen) atoms. The second-order valence-electron chi connectivity index (χ2n) is 12.6. The summed E-state index contributed by atoms with van der Waals surface area (Å²) in [5.41, 5.74) is 1.05. The molecule has 1 heteroatoms. The highest BCUT2D eigenvalue weighted by Gasteiger charge is 2.60. The minimum Gasteiger partial charge on any atom is -0.247 e. The number of fused-ring (bicyclic) bond motifs is 5. The second-order valence-corrected chi connectivity index (χ2v) is 12.6. The van der Waals surface area contributed by atoms with Gasteiger partial charge in [-0.3, -0.25) is 0 Å². The topological polar surface area (TPSA) is 0 Å². The Hall–Kier alpha value is -0.0700. The Morgan fingerprint density at radius 3 is 2.29 bits per heavy atom. The Kier molecular flexibility index (Phi) is 5.96. The molecule has 4 aliphatic carbocycles. The summed E-state index contributed by atoms with van der Waals surface area (Å²) in [5, 5.41) is 0. The lowest BCUT2D eigenvalue weighted by Gasteiger charge is -2.61. The standard InChI is InChI=1S/C27H47F/c1-18(2)7-6-8-19(3)23-11-12-24-22-10-9-20-17-21(28)13-15-26(20,4)25(22)14-16-27(23,24)5/h18-25H,6-17H2,1-5H3/t19-,20+,21-,22+,23-,24+,25+,26+,27-/m1/s1. The van der Waals surface area contributed by atoms with Crippen molar-refractivity contribution in [3.8, 4) is 0 Å². The van der Waals surface area contributed by atoms with Gasteiger partial charge < -0.3 is 0 Å². The smallest absolute Gasteiger partial charge is 0.100 e. The third kappa shape index (κ3) is 3.49. The molecule has 162 valence electrons. The van der Waals surface area contributed by atoms with Crippen LogP contribution >= 0.6 is 0 Å². The van der Waals surface area contributed by atoms with Crippen LogP contribution in [0.2, 0.25) is 0 Å². The monoisotopic (exact) mass is 390 g/mol. The van der Waals surface area contributed by atoms with Crippen LogP contribution in [-0.4, -0.2) is 6.17 Å². The van der Waals surface area contributed by atoms with Crippen LogP contribution in [0.5, 0.6) is 0 Å². The summed E-state index contributed by atoms with van der Waals surface area (Å²) in [6.45, 7) is 12.6. The average molecular weight is 391 g/mol. The third-order valence-corrected chi connectivity index (χ3v) is 10.8. The Bertz CT molecular complexity index is 540. The molecule has 0 amide bonds. The van der Waals surface area contributed by atoms with Gasteiger partial charge in [0.05, 0.1) is 0 Å². The van der Waals surface area contributed by atoms with E-state index in [1.807, 2.05) is 0 Å². The minimum absolute atomic E-state index is 0.452. The molecule has 0 spiro atoms. The maximum atomic E-state index is 14.1. The molecular weight excluding hydrogens is 343 g/mol. The largest absolute Gasteiger partial charge is 0.247 e. The number of alkyl halides is 1. The summed E-state index contributed by atoms with van der Waals surface area (Å²) in [6.07, 6.45) is 15.2. The Labute approximate surface area is 174 Å². The van der Waals surface area contributed by atoms with E-state index >= 15 is 0 Å². The second kappa shape index (κ2) is 7.88. The maximum Gasteiger partial charge on any atom is 0.100 e. The zero-order chi connectivity index (χ0) is 20.1. The van der Waals surface area contributed by atoms with Crippen LogP contribution in [0.25, 0.3) is 0 Å². The molecular formula is C27H47F. The van der Waals surface area contributed by atoms with Gasteiger partial charge in [-0.15, -0.1) is 0 Å². The molecule has 0 aromatic carbocycles. The van der Waals surface area contributed by atoms with Crippen molar-refractivity contribution < 1.29 is 4.39 Å². The molecule has 0 aromatic heterocycles. The molecule has 9 atom stereocenters. The summed E-state index contributed by atoms with van der Waals surface area (Å²) in [7, 11) is 0. The van der Waals surface area contributed by atoms with Crippen molar-refractivity contribution in [2.45, 2.75) is 118 Å². The van der Waals surface area contributed by atoms with E-state index in [1.165, 1.54) is 64.2 Å². The number of halogens is 1. The summed E-state index contributed by atoms with van der Waals surface area (Å²) in [6, 6.07) is 0. The van der Waals surface area contributed by atoms with Gasteiger partial charge in [-0.1, -0.05) is 53.9 Å². The van der Waals surface area contributed by atoms with Crippen molar-refractivity contribution in [1.29, 1.82) is 0 Å². The quantitative estimate of drug-likeness (QED) is 0.441. The molecule has 0 unspecified atom stereocenters. The van der Waals surface area contributed by atoms with Gasteiger partial charge >= 0.3 is 0 Å². The van der Waals surface area contributed by atoms with Gasteiger partial charge in [-0.25, -0.2) is 4.39 Å². The van der Waals surface area contributed by atoms with Crippen LogP contribution in [0.15, 0.2) is 0 Å². The van der Waals surface area contributed by atoms with Crippen LogP contribution in [0.4, 0.5) is 4.39 Å². The zero-order valence-electron chi connectivity index (χ0n) is 19.5. The third-order valence-electron chi connectivity index (χ3n) is 10.8. The lowest BCUT2D eigenvalue weighted by molar-refractivity contribution is -0.122. The van der Waals surface area contributed by atoms with E-state index in [0.29, 0.717) is 16.7 Å². The molecule has 0 heterocycles. The summed E-state index contributed by atoms with van der Waals surface area (Å²) in [5.74, 6) is 6.19. The van der Waals surface area contributed by atoms with Crippen LogP contribution in [0, 0.1) is 52.3 Å². The van der Waals surface area contributed by atoms with Gasteiger partial charge in [-0.05, 0) is 110 Å². The van der Waals surface area contributed by atoms with E-state index in [9.17, 15) is 4.39 Å². The summed E-state index contributed by atoms with van der Waals surface area (Å²) in [4.78, 5) is 0. The van der Waals surface area contributed by atoms with Crippen molar-refractivity contribution in [1.82, 2.24) is 0 Å². The van der Waals surface area contributed by atoms with E-state index < -0.39 is 6.17 Å². The normalized spacial score (nSPS) is 49.4. The molecule has 0 bridgehead atoms. The van der Waals surface area contributed by atoms with Crippen LogP contribution in [0.3, 0.4) is 0 Å². The SMILES string of the molecule is CC(C)CCC[C@@H](C)[C@H]1CC[C@H]2[C@@H]3CC[C@H]4C[C@H](F)CC[C@]4(C)[C@H]3CC[C@]12C. The first kappa shape index (κ1) is 21.2. The average Bonchev–Trinajstić information content (AvgIpc) is 2.99. The molecule has 4 fully saturated rings. The molecule has 4 aliphatic rings. The summed E-state index contributed by atoms with van der Waals surface area (Å²) < 4.78 is 14.1. The van der Waals surface area contributed by atoms with Crippen molar-refractivity contribution in [3.05, 3.63) is 0 Å². The lowest BCUT2D eigenvalue weighted by atomic mass is 9.44. The highest BCUT2D eigenvalue weighted by molar-refractivity contribution is 5.09. The Morgan fingerprint density at radius 1 is 0.821 bits per heavy atom. The number of hydrogen-bond acceptors (Lipinski definition) is 0. The van der Waals surface area contributed by atoms with Gasteiger partial charge in [0.25, 0.3) is 0 Å². The van der Waals surface area contributed by atoms with Crippen LogP contribution < -0.4 is 0 Å². The van der Waals surface area contributed by atoms with Crippen LogP contribution in [0.1, 0.15) is 112 Å². The van der Waals surface area contributed by atoms with E-state index in [0.717, 1.165) is 48.3 Å². The van der Waals surface area contributed by atoms with Crippen LogP contribution in [-0.2, 0) is 0 Å².